The van der Waals surface area contributed by atoms with Gasteiger partial charge in [-0.15, -0.1) is 0 Å². The second-order valence-corrected chi connectivity index (χ2v) is 7.75. The second kappa shape index (κ2) is 6.30. The predicted molar refractivity (Wildman–Crippen MR) is 79.4 cm³/mol. The molecule has 1 aliphatic rings. The Labute approximate surface area is 124 Å². The van der Waals surface area contributed by atoms with Gasteiger partial charge in [0.25, 0.3) is 0 Å². The van der Waals surface area contributed by atoms with Gasteiger partial charge in [0.15, 0.2) is 9.84 Å². The molecule has 2 rings (SSSR count). The third kappa shape index (κ3) is 3.63. The number of hydrogen-bond acceptors (Lipinski definition) is 5. The van der Waals surface area contributed by atoms with Gasteiger partial charge in [-0.1, -0.05) is 17.7 Å². The Morgan fingerprint density at radius 2 is 2.30 bits per heavy atom. The standard InChI is InChI=1S/C13H19ClN2O3S/c1-19-13-7-10(2-3-11(13)14)12(16-15)6-9-4-5-20(17,18)8-9/h2-3,7,9,12,16H,4-6,8,15H2,1H3. The van der Waals surface area contributed by atoms with Crippen LogP contribution in [0, 0.1) is 5.92 Å². The molecule has 0 radical (unpaired) electrons. The summed E-state index contributed by atoms with van der Waals surface area (Å²) in [6.07, 6.45) is 1.38. The lowest BCUT2D eigenvalue weighted by atomic mass is 9.94. The van der Waals surface area contributed by atoms with Crippen LogP contribution in [0.2, 0.25) is 5.02 Å². The van der Waals surface area contributed by atoms with Crippen LogP contribution in [0.1, 0.15) is 24.4 Å². The third-order valence-corrected chi connectivity index (χ3v) is 5.82. The van der Waals surface area contributed by atoms with Crippen LogP contribution in [0.4, 0.5) is 0 Å². The predicted octanol–water partition coefficient (Wildman–Crippen LogP) is 1.68. The first-order valence-corrected chi connectivity index (χ1v) is 8.65. The van der Waals surface area contributed by atoms with E-state index in [2.05, 4.69) is 5.43 Å². The van der Waals surface area contributed by atoms with Gasteiger partial charge >= 0.3 is 0 Å². The topological polar surface area (TPSA) is 81.4 Å². The quantitative estimate of drug-likeness (QED) is 0.637. The van der Waals surface area contributed by atoms with Crippen molar-refractivity contribution in [2.45, 2.75) is 18.9 Å². The molecule has 1 aromatic carbocycles. The molecule has 20 heavy (non-hydrogen) atoms. The van der Waals surface area contributed by atoms with Crippen molar-refractivity contribution in [1.29, 1.82) is 0 Å². The summed E-state index contributed by atoms with van der Waals surface area (Å²) >= 11 is 6.00. The van der Waals surface area contributed by atoms with Crippen molar-refractivity contribution in [2.24, 2.45) is 11.8 Å². The Morgan fingerprint density at radius 1 is 1.55 bits per heavy atom. The van der Waals surface area contributed by atoms with Gasteiger partial charge < -0.3 is 4.74 Å². The maximum Gasteiger partial charge on any atom is 0.150 e. The number of rotatable bonds is 5. The number of nitrogens with one attached hydrogen (secondary N) is 1. The van der Waals surface area contributed by atoms with Crippen molar-refractivity contribution >= 4 is 21.4 Å². The number of benzene rings is 1. The fourth-order valence-corrected chi connectivity index (χ4v) is 4.66. The zero-order chi connectivity index (χ0) is 14.8. The molecule has 0 aromatic heterocycles. The molecule has 0 bridgehead atoms. The highest BCUT2D eigenvalue weighted by Gasteiger charge is 2.30. The first-order chi connectivity index (χ1) is 9.45. The molecular formula is C13H19ClN2O3S. The molecule has 0 saturated carbocycles. The van der Waals surface area contributed by atoms with E-state index in [9.17, 15) is 8.42 Å². The highest BCUT2D eigenvalue weighted by atomic mass is 35.5. The number of sulfone groups is 1. The van der Waals surface area contributed by atoms with Crippen LogP contribution in [-0.4, -0.2) is 27.0 Å². The minimum absolute atomic E-state index is 0.112. The molecule has 1 fully saturated rings. The fourth-order valence-electron chi connectivity index (χ4n) is 2.58. The Morgan fingerprint density at radius 3 is 2.85 bits per heavy atom. The molecule has 1 aromatic rings. The van der Waals surface area contributed by atoms with Crippen molar-refractivity contribution in [3.05, 3.63) is 28.8 Å². The normalized spacial score (nSPS) is 22.6. The van der Waals surface area contributed by atoms with E-state index in [-0.39, 0.29) is 23.5 Å². The van der Waals surface area contributed by atoms with Gasteiger partial charge in [0.1, 0.15) is 5.75 Å². The first-order valence-electron chi connectivity index (χ1n) is 6.45. The van der Waals surface area contributed by atoms with Crippen molar-refractivity contribution in [3.8, 4) is 5.75 Å². The zero-order valence-corrected chi connectivity index (χ0v) is 12.9. The highest BCUT2D eigenvalue weighted by molar-refractivity contribution is 7.91. The van der Waals surface area contributed by atoms with E-state index in [4.69, 9.17) is 22.2 Å². The van der Waals surface area contributed by atoms with Gasteiger partial charge in [0, 0.05) is 6.04 Å². The zero-order valence-electron chi connectivity index (χ0n) is 11.3. The number of halogens is 1. The Balaban J connectivity index is 2.12. The van der Waals surface area contributed by atoms with Gasteiger partial charge in [-0.25, -0.2) is 8.42 Å². The Kier molecular flexibility index (Phi) is 4.90. The summed E-state index contributed by atoms with van der Waals surface area (Å²) < 4.78 is 28.2. The van der Waals surface area contributed by atoms with E-state index in [1.54, 1.807) is 13.2 Å². The molecule has 2 atom stereocenters. The van der Waals surface area contributed by atoms with Crippen LogP contribution in [-0.2, 0) is 9.84 Å². The molecule has 2 unspecified atom stereocenters. The molecular weight excluding hydrogens is 300 g/mol. The molecule has 0 spiro atoms. The summed E-state index contributed by atoms with van der Waals surface area (Å²) in [7, 11) is -1.31. The number of ether oxygens (including phenoxy) is 1. The summed E-state index contributed by atoms with van der Waals surface area (Å²) in [5.74, 6) is 6.86. The lowest BCUT2D eigenvalue weighted by Gasteiger charge is -2.20. The van der Waals surface area contributed by atoms with E-state index in [0.29, 0.717) is 23.6 Å². The van der Waals surface area contributed by atoms with E-state index < -0.39 is 9.84 Å². The van der Waals surface area contributed by atoms with Crippen molar-refractivity contribution in [2.75, 3.05) is 18.6 Å². The molecule has 5 nitrogen and oxygen atoms in total. The smallest absolute Gasteiger partial charge is 0.150 e. The van der Waals surface area contributed by atoms with Gasteiger partial charge in [0.2, 0.25) is 0 Å². The van der Waals surface area contributed by atoms with Crippen LogP contribution in [0.5, 0.6) is 5.75 Å². The summed E-state index contributed by atoms with van der Waals surface area (Å²) in [4.78, 5) is 0. The lowest BCUT2D eigenvalue weighted by Crippen LogP contribution is -2.30. The minimum atomic E-state index is -2.87. The lowest BCUT2D eigenvalue weighted by molar-refractivity contribution is 0.404. The monoisotopic (exact) mass is 318 g/mol. The Bertz CT molecular complexity index is 577. The van der Waals surface area contributed by atoms with Crippen LogP contribution in [0.25, 0.3) is 0 Å². The molecule has 0 aliphatic carbocycles. The number of nitrogens with two attached hydrogens (primary N) is 1. The van der Waals surface area contributed by atoms with Gasteiger partial charge in [-0.05, 0) is 36.5 Å². The molecule has 0 amide bonds. The summed E-state index contributed by atoms with van der Waals surface area (Å²) in [5, 5.41) is 0.537. The van der Waals surface area contributed by atoms with Crippen LogP contribution >= 0.6 is 11.6 Å². The highest BCUT2D eigenvalue weighted by Crippen LogP contribution is 2.32. The molecule has 112 valence electrons. The van der Waals surface area contributed by atoms with Gasteiger partial charge in [-0.2, -0.15) is 0 Å². The van der Waals surface area contributed by atoms with Crippen molar-refractivity contribution < 1.29 is 13.2 Å². The summed E-state index contributed by atoms with van der Waals surface area (Å²) in [6.45, 7) is 0. The van der Waals surface area contributed by atoms with E-state index >= 15 is 0 Å². The molecule has 1 saturated heterocycles. The minimum Gasteiger partial charge on any atom is -0.495 e. The third-order valence-electron chi connectivity index (χ3n) is 3.67. The molecule has 3 N–H and O–H groups in total. The summed E-state index contributed by atoms with van der Waals surface area (Å²) in [6, 6.07) is 5.35. The van der Waals surface area contributed by atoms with Gasteiger partial charge in [0.05, 0.1) is 23.6 Å². The second-order valence-electron chi connectivity index (χ2n) is 5.12. The fraction of sp³-hybridized carbons (Fsp3) is 0.538. The van der Waals surface area contributed by atoms with Crippen molar-refractivity contribution in [1.82, 2.24) is 5.43 Å². The maximum atomic E-state index is 11.5. The van der Waals surface area contributed by atoms with Gasteiger partial charge in [-0.3, -0.25) is 11.3 Å². The van der Waals surface area contributed by atoms with Crippen LogP contribution in [0.15, 0.2) is 18.2 Å². The number of methoxy groups -OCH3 is 1. The van der Waals surface area contributed by atoms with Crippen LogP contribution < -0.4 is 16.0 Å². The molecule has 1 heterocycles. The number of hydrogen-bond donors (Lipinski definition) is 2. The molecule has 1 aliphatic heterocycles. The largest absolute Gasteiger partial charge is 0.495 e. The number of hydrazine groups is 1. The van der Waals surface area contributed by atoms with Crippen molar-refractivity contribution in [3.63, 3.8) is 0 Å². The Hall–Kier alpha value is -0.820. The van der Waals surface area contributed by atoms with E-state index in [1.165, 1.54) is 0 Å². The summed E-state index contributed by atoms with van der Waals surface area (Å²) in [5.41, 5.74) is 3.69. The van der Waals surface area contributed by atoms with E-state index in [0.717, 1.165) is 5.56 Å². The maximum absolute atomic E-state index is 11.5. The van der Waals surface area contributed by atoms with E-state index in [1.807, 2.05) is 12.1 Å². The first kappa shape index (κ1) is 15.6. The average molecular weight is 319 g/mol. The average Bonchev–Trinajstić information content (AvgIpc) is 2.76. The van der Waals surface area contributed by atoms with Crippen LogP contribution in [0.3, 0.4) is 0 Å². The SMILES string of the molecule is COc1cc(C(CC2CCS(=O)(=O)C2)NN)ccc1Cl. The molecule has 7 heteroatoms.